The lowest BCUT2D eigenvalue weighted by Gasteiger charge is -2.15. The predicted octanol–water partition coefficient (Wildman–Crippen LogP) is 0.608. The number of amides is 2. The van der Waals surface area contributed by atoms with E-state index in [4.69, 9.17) is 5.11 Å². The Kier molecular flexibility index (Phi) is 6.22. The molecule has 6 heteroatoms. The maximum atomic E-state index is 12.2. The normalized spacial score (nSPS) is 9.60. The summed E-state index contributed by atoms with van der Waals surface area (Å²) in [5.41, 5.74) is 0.916. The van der Waals surface area contributed by atoms with Gasteiger partial charge < -0.3 is 15.3 Å². The van der Waals surface area contributed by atoms with Crippen LogP contribution in [0.3, 0.4) is 0 Å². The van der Waals surface area contributed by atoms with Crippen molar-refractivity contribution in [2.24, 2.45) is 0 Å². The third-order valence-corrected chi connectivity index (χ3v) is 3.85. The fourth-order valence-corrected chi connectivity index (χ4v) is 2.56. The summed E-state index contributed by atoms with van der Waals surface area (Å²) in [4.78, 5) is 26.2. The average molecular weight is 294 g/mol. The number of aliphatic hydroxyl groups excluding tert-OH is 1. The summed E-state index contributed by atoms with van der Waals surface area (Å²) in [7, 11) is 3.23. The minimum Gasteiger partial charge on any atom is -0.384 e. The van der Waals surface area contributed by atoms with Gasteiger partial charge in [0, 0.05) is 27.1 Å². The van der Waals surface area contributed by atoms with Gasteiger partial charge in [-0.15, -0.1) is 11.3 Å². The summed E-state index contributed by atoms with van der Waals surface area (Å²) in [6.07, 6.45) is 0.278. The zero-order valence-corrected chi connectivity index (χ0v) is 12.6. The molecule has 0 radical (unpaired) electrons. The highest BCUT2D eigenvalue weighted by Gasteiger charge is 2.16. The van der Waals surface area contributed by atoms with E-state index < -0.39 is 0 Å². The van der Waals surface area contributed by atoms with Crippen LogP contribution < -0.4 is 5.32 Å². The lowest BCUT2D eigenvalue weighted by atomic mass is 10.2. The molecule has 0 spiro atoms. The van der Waals surface area contributed by atoms with Gasteiger partial charge in [0.15, 0.2) is 0 Å². The number of aliphatic hydroxyl groups is 1. The van der Waals surface area contributed by atoms with Gasteiger partial charge >= 0.3 is 0 Å². The predicted molar refractivity (Wildman–Crippen MR) is 78.7 cm³/mol. The molecular weight excluding hydrogens is 276 g/mol. The van der Waals surface area contributed by atoms with E-state index in [1.165, 1.54) is 16.2 Å². The van der Waals surface area contributed by atoms with Crippen LogP contribution in [0.4, 0.5) is 0 Å². The number of nitrogens with zero attached hydrogens (tertiary/aromatic N) is 1. The van der Waals surface area contributed by atoms with Gasteiger partial charge in [-0.3, -0.25) is 9.59 Å². The lowest BCUT2D eigenvalue weighted by molar-refractivity contribution is -0.120. The highest BCUT2D eigenvalue weighted by Crippen LogP contribution is 2.22. The van der Waals surface area contributed by atoms with E-state index in [1.807, 2.05) is 6.92 Å². The van der Waals surface area contributed by atoms with Gasteiger partial charge in [0.05, 0.1) is 9.75 Å². The molecule has 0 unspecified atom stereocenters. The van der Waals surface area contributed by atoms with Gasteiger partial charge in [-0.05, 0) is 18.6 Å². The van der Waals surface area contributed by atoms with E-state index in [-0.39, 0.29) is 24.8 Å². The molecule has 0 bridgehead atoms. The summed E-state index contributed by atoms with van der Waals surface area (Å²) >= 11 is 1.30. The number of thiophene rings is 1. The first-order chi connectivity index (χ1) is 9.49. The Labute approximate surface area is 122 Å². The second-order valence-electron chi connectivity index (χ2n) is 4.23. The van der Waals surface area contributed by atoms with Gasteiger partial charge in [0.2, 0.25) is 5.91 Å². The van der Waals surface area contributed by atoms with Crippen LogP contribution in [-0.2, 0) is 4.79 Å². The zero-order chi connectivity index (χ0) is 15.1. The van der Waals surface area contributed by atoms with Crippen LogP contribution in [0.5, 0.6) is 0 Å². The lowest BCUT2D eigenvalue weighted by Crippen LogP contribution is -2.30. The van der Waals surface area contributed by atoms with Gasteiger partial charge in [0.25, 0.3) is 5.91 Å². The quantitative estimate of drug-likeness (QED) is 0.799. The van der Waals surface area contributed by atoms with Crippen molar-refractivity contribution in [2.45, 2.75) is 13.3 Å². The summed E-state index contributed by atoms with van der Waals surface area (Å²) in [6.45, 7) is 2.04. The van der Waals surface area contributed by atoms with Crippen LogP contribution in [0.1, 0.15) is 26.5 Å². The Morgan fingerprint density at radius 1 is 1.50 bits per heavy atom. The third-order valence-electron chi connectivity index (χ3n) is 2.71. The molecular formula is C14H18N2O3S. The topological polar surface area (TPSA) is 69.6 Å². The smallest absolute Gasteiger partial charge is 0.263 e. The summed E-state index contributed by atoms with van der Waals surface area (Å²) in [5, 5.41) is 11.2. The largest absolute Gasteiger partial charge is 0.384 e. The number of hydrogen-bond acceptors (Lipinski definition) is 4. The molecule has 1 heterocycles. The molecule has 0 atom stereocenters. The SMILES string of the molecule is CNC(=O)CCN(C)C(=O)c1cc(C)c(C#CCO)s1. The Morgan fingerprint density at radius 2 is 2.20 bits per heavy atom. The van der Waals surface area contributed by atoms with Gasteiger partial charge in [-0.25, -0.2) is 0 Å². The van der Waals surface area contributed by atoms with E-state index in [0.717, 1.165) is 10.4 Å². The van der Waals surface area contributed by atoms with Crippen molar-refractivity contribution in [1.29, 1.82) is 0 Å². The second kappa shape index (κ2) is 7.68. The fraction of sp³-hybridized carbons (Fsp3) is 0.429. The molecule has 108 valence electrons. The molecule has 20 heavy (non-hydrogen) atoms. The van der Waals surface area contributed by atoms with Crippen LogP contribution in [0.25, 0.3) is 0 Å². The second-order valence-corrected chi connectivity index (χ2v) is 5.28. The van der Waals surface area contributed by atoms with Crippen molar-refractivity contribution in [2.75, 3.05) is 27.2 Å². The summed E-state index contributed by atoms with van der Waals surface area (Å²) in [6, 6.07) is 1.78. The molecule has 0 saturated carbocycles. The van der Waals surface area contributed by atoms with Crippen molar-refractivity contribution in [3.8, 4) is 11.8 Å². The van der Waals surface area contributed by atoms with Crippen molar-refractivity contribution in [1.82, 2.24) is 10.2 Å². The van der Waals surface area contributed by atoms with Crippen molar-refractivity contribution < 1.29 is 14.7 Å². The number of carbonyl (C=O) groups is 2. The van der Waals surface area contributed by atoms with Gasteiger partial charge in [0.1, 0.15) is 6.61 Å². The minimum absolute atomic E-state index is 0.0958. The average Bonchev–Trinajstić information content (AvgIpc) is 2.82. The Balaban J connectivity index is 2.74. The first-order valence-electron chi connectivity index (χ1n) is 6.15. The molecule has 5 nitrogen and oxygen atoms in total. The van der Waals surface area contributed by atoms with Crippen molar-refractivity contribution in [3.63, 3.8) is 0 Å². The molecule has 0 aliphatic carbocycles. The number of aryl methyl sites for hydroxylation is 1. The third kappa shape index (κ3) is 4.37. The molecule has 0 aliphatic heterocycles. The van der Waals surface area contributed by atoms with E-state index >= 15 is 0 Å². The summed E-state index contributed by atoms with van der Waals surface area (Å²) in [5.74, 6) is 5.17. The number of nitrogens with one attached hydrogen (secondary N) is 1. The highest BCUT2D eigenvalue weighted by atomic mass is 32.1. The van der Waals surface area contributed by atoms with E-state index in [0.29, 0.717) is 11.4 Å². The molecule has 2 N–H and O–H groups in total. The molecule has 0 fully saturated rings. The molecule has 2 amide bonds. The van der Waals surface area contributed by atoms with Crippen molar-refractivity contribution in [3.05, 3.63) is 21.4 Å². The van der Waals surface area contributed by atoms with E-state index in [9.17, 15) is 9.59 Å². The summed E-state index contributed by atoms with van der Waals surface area (Å²) < 4.78 is 0. The van der Waals surface area contributed by atoms with Crippen LogP contribution in [-0.4, -0.2) is 49.1 Å². The maximum Gasteiger partial charge on any atom is 0.263 e. The van der Waals surface area contributed by atoms with Gasteiger partial charge in [-0.2, -0.15) is 0 Å². The van der Waals surface area contributed by atoms with Crippen LogP contribution >= 0.6 is 11.3 Å². The number of hydrogen-bond donors (Lipinski definition) is 2. The van der Waals surface area contributed by atoms with Crippen LogP contribution in [0.15, 0.2) is 6.07 Å². The van der Waals surface area contributed by atoms with E-state index in [2.05, 4.69) is 17.2 Å². The first kappa shape index (κ1) is 16.2. The Bertz CT molecular complexity index is 555. The molecule has 1 rings (SSSR count). The first-order valence-corrected chi connectivity index (χ1v) is 6.97. The molecule has 0 aliphatic rings. The highest BCUT2D eigenvalue weighted by molar-refractivity contribution is 7.14. The number of carbonyl (C=O) groups excluding carboxylic acids is 2. The minimum atomic E-state index is -0.202. The number of rotatable bonds is 4. The molecule has 1 aromatic heterocycles. The monoisotopic (exact) mass is 294 g/mol. The molecule has 0 aromatic carbocycles. The standard InChI is InChI=1S/C14H18N2O3S/c1-10-9-12(20-11(10)5-4-8-17)14(19)16(3)7-6-13(18)15-2/h9,17H,6-8H2,1-3H3,(H,15,18). The van der Waals surface area contributed by atoms with Crippen LogP contribution in [0.2, 0.25) is 0 Å². The van der Waals surface area contributed by atoms with Gasteiger partial charge in [-0.1, -0.05) is 11.8 Å². The van der Waals surface area contributed by atoms with Crippen molar-refractivity contribution >= 4 is 23.2 Å². The van der Waals surface area contributed by atoms with E-state index in [1.54, 1.807) is 20.2 Å². The maximum absolute atomic E-state index is 12.2. The Morgan fingerprint density at radius 3 is 2.80 bits per heavy atom. The zero-order valence-electron chi connectivity index (χ0n) is 11.8. The van der Waals surface area contributed by atoms with Crippen LogP contribution in [0, 0.1) is 18.8 Å². The molecule has 0 saturated heterocycles. The Hall–Kier alpha value is -1.84. The molecule has 1 aromatic rings. The fourth-order valence-electron chi connectivity index (χ4n) is 1.52.